The summed E-state index contributed by atoms with van der Waals surface area (Å²) < 4.78 is 58.6. The van der Waals surface area contributed by atoms with Crippen LogP contribution >= 0.6 is 0 Å². The minimum absolute atomic E-state index is 0.216. The number of halogens is 4. The Labute approximate surface area is 134 Å². The molecular formula is C15H12F4N2O3. The van der Waals surface area contributed by atoms with Gasteiger partial charge in [0.2, 0.25) is 0 Å². The number of ether oxygens (including phenoxy) is 1. The lowest BCUT2D eigenvalue weighted by atomic mass is 9.86. The second-order valence-electron chi connectivity index (χ2n) is 5.30. The minimum atomic E-state index is -4.75. The molecule has 0 unspecified atom stereocenters. The van der Waals surface area contributed by atoms with Crippen LogP contribution in [0.25, 0.3) is 0 Å². The smallest absolute Gasteiger partial charge is 0.412 e. The number of aliphatic imine (C=N–C) groups is 1. The predicted molar refractivity (Wildman–Crippen MR) is 75.8 cm³/mol. The molecule has 1 aliphatic heterocycles. The molecule has 0 aliphatic carbocycles. The molecule has 5 nitrogen and oxygen atoms in total. The van der Waals surface area contributed by atoms with Gasteiger partial charge in [0.1, 0.15) is 11.4 Å². The highest BCUT2D eigenvalue weighted by atomic mass is 19.4. The second kappa shape index (κ2) is 6.03. The van der Waals surface area contributed by atoms with E-state index >= 15 is 0 Å². The third-order valence-corrected chi connectivity index (χ3v) is 3.47. The Morgan fingerprint density at radius 1 is 1.54 bits per heavy atom. The molecule has 0 bridgehead atoms. The van der Waals surface area contributed by atoms with E-state index in [1.807, 2.05) is 0 Å². The summed E-state index contributed by atoms with van der Waals surface area (Å²) in [6.45, 7) is 1.21. The first kappa shape index (κ1) is 17.6. The molecule has 0 saturated heterocycles. The average Bonchev–Trinajstić information content (AvgIpc) is 2.45. The lowest BCUT2D eigenvalue weighted by molar-refractivity contribution is -0.164. The summed E-state index contributed by atoms with van der Waals surface area (Å²) in [6.07, 6.45) is -1.91. The number of hydrogen-bond acceptors (Lipinski definition) is 3. The van der Waals surface area contributed by atoms with Crippen LogP contribution in [0, 0.1) is 18.2 Å². The maximum atomic E-state index is 14.1. The molecule has 0 fully saturated rings. The van der Waals surface area contributed by atoms with E-state index in [1.165, 1.54) is 19.1 Å². The van der Waals surface area contributed by atoms with E-state index in [-0.39, 0.29) is 11.1 Å². The quantitative estimate of drug-likeness (QED) is 0.608. The van der Waals surface area contributed by atoms with Gasteiger partial charge in [0.05, 0.1) is 0 Å². The molecule has 2 rings (SSSR count). The summed E-state index contributed by atoms with van der Waals surface area (Å²) in [5.74, 6) is 1.43. The summed E-state index contributed by atoms with van der Waals surface area (Å²) in [5.41, 5.74) is -1.78. The Kier molecular flexibility index (Phi) is 4.42. The lowest BCUT2D eigenvalue weighted by Crippen LogP contribution is -2.48. The van der Waals surface area contributed by atoms with Gasteiger partial charge in [0.15, 0.2) is 6.04 Å². The van der Waals surface area contributed by atoms with Crippen molar-refractivity contribution in [2.75, 3.05) is 0 Å². The van der Waals surface area contributed by atoms with Crippen LogP contribution in [0.15, 0.2) is 23.2 Å². The maximum absolute atomic E-state index is 14.1. The fraction of sp³-hybridized carbons (Fsp3) is 0.333. The van der Waals surface area contributed by atoms with Crippen molar-refractivity contribution in [3.63, 3.8) is 0 Å². The Morgan fingerprint density at radius 3 is 2.75 bits per heavy atom. The highest BCUT2D eigenvalue weighted by Crippen LogP contribution is 2.41. The van der Waals surface area contributed by atoms with E-state index in [1.54, 1.807) is 5.32 Å². The molecule has 128 valence electrons. The van der Waals surface area contributed by atoms with Gasteiger partial charge in [-0.05, 0) is 25.1 Å². The number of nitrogens with zero attached hydrogens (tertiary/aromatic N) is 1. The number of terminal acetylenes is 1. The molecule has 0 radical (unpaired) electrons. The number of hydrogen-bond donors (Lipinski definition) is 2. The Hall–Kier alpha value is -2.76. The van der Waals surface area contributed by atoms with Crippen LogP contribution in [0.1, 0.15) is 24.5 Å². The molecule has 1 amide bonds. The van der Waals surface area contributed by atoms with Crippen LogP contribution in [-0.2, 0) is 10.3 Å². The molecule has 0 aromatic heterocycles. The largest absolute Gasteiger partial charge is 0.465 e. The summed E-state index contributed by atoms with van der Waals surface area (Å²) >= 11 is 0. The number of nitrogens with one attached hydrogen (secondary N) is 1. The van der Waals surface area contributed by atoms with Gasteiger partial charge in [0.25, 0.3) is 6.02 Å². The van der Waals surface area contributed by atoms with Crippen molar-refractivity contribution in [3.05, 3.63) is 35.1 Å². The van der Waals surface area contributed by atoms with Gasteiger partial charge in [-0.1, -0.05) is 5.92 Å². The zero-order chi connectivity index (χ0) is 18.1. The predicted octanol–water partition coefficient (Wildman–Crippen LogP) is 3.00. The summed E-state index contributed by atoms with van der Waals surface area (Å²) in [6, 6.07) is 0.372. The number of amides is 1. The molecule has 9 heteroatoms. The van der Waals surface area contributed by atoms with Gasteiger partial charge < -0.3 is 9.84 Å². The number of amidine groups is 1. The molecular weight excluding hydrogens is 332 g/mol. The third-order valence-electron chi connectivity index (χ3n) is 3.47. The van der Waals surface area contributed by atoms with Gasteiger partial charge in [-0.25, -0.2) is 19.5 Å². The van der Waals surface area contributed by atoms with Crippen LogP contribution < -0.4 is 5.32 Å². The normalized spacial score (nSPS) is 23.7. The van der Waals surface area contributed by atoms with Gasteiger partial charge in [0, 0.05) is 17.5 Å². The summed E-state index contributed by atoms with van der Waals surface area (Å²) in [5, 5.41) is 10.3. The molecule has 1 aromatic rings. The van der Waals surface area contributed by atoms with Gasteiger partial charge >= 0.3 is 12.3 Å². The lowest BCUT2D eigenvalue weighted by Gasteiger charge is -2.38. The van der Waals surface area contributed by atoms with Crippen LogP contribution in [0.3, 0.4) is 0 Å². The molecule has 1 heterocycles. The van der Waals surface area contributed by atoms with Crippen molar-refractivity contribution >= 4 is 12.1 Å². The van der Waals surface area contributed by atoms with Gasteiger partial charge in [-0.3, -0.25) is 0 Å². The number of carbonyl (C=O) groups is 1. The molecule has 0 saturated carbocycles. The number of carboxylic acid groups (broad SMARTS) is 1. The van der Waals surface area contributed by atoms with E-state index in [0.717, 1.165) is 6.07 Å². The van der Waals surface area contributed by atoms with Crippen molar-refractivity contribution < 1.29 is 32.2 Å². The van der Waals surface area contributed by atoms with Crippen molar-refractivity contribution in [1.29, 1.82) is 0 Å². The van der Waals surface area contributed by atoms with Crippen LogP contribution in [0.4, 0.5) is 22.4 Å². The van der Waals surface area contributed by atoms with Crippen molar-refractivity contribution in [3.8, 4) is 12.3 Å². The molecule has 24 heavy (non-hydrogen) atoms. The van der Waals surface area contributed by atoms with E-state index in [0.29, 0.717) is 0 Å². The fourth-order valence-electron chi connectivity index (χ4n) is 2.36. The highest BCUT2D eigenvalue weighted by Gasteiger charge is 2.50. The number of benzene rings is 1. The Morgan fingerprint density at radius 2 is 2.21 bits per heavy atom. The van der Waals surface area contributed by atoms with Gasteiger partial charge in [-0.15, -0.1) is 6.42 Å². The third kappa shape index (κ3) is 3.59. The summed E-state index contributed by atoms with van der Waals surface area (Å²) in [4.78, 5) is 13.9. The van der Waals surface area contributed by atoms with Crippen molar-refractivity contribution in [2.45, 2.75) is 31.2 Å². The topological polar surface area (TPSA) is 70.9 Å². The molecule has 0 spiro atoms. The van der Waals surface area contributed by atoms with Gasteiger partial charge in [-0.2, -0.15) is 13.2 Å². The average molecular weight is 344 g/mol. The maximum Gasteiger partial charge on any atom is 0.412 e. The zero-order valence-electron chi connectivity index (χ0n) is 12.3. The first-order valence-corrected chi connectivity index (χ1v) is 6.65. The van der Waals surface area contributed by atoms with E-state index in [4.69, 9.17) is 16.3 Å². The van der Waals surface area contributed by atoms with Crippen LogP contribution in [0.5, 0.6) is 0 Å². The molecule has 1 aliphatic rings. The Bertz CT molecular complexity index is 739. The van der Waals surface area contributed by atoms with Crippen molar-refractivity contribution in [1.82, 2.24) is 5.32 Å². The molecule has 2 N–H and O–H groups in total. The number of alkyl halides is 3. The van der Waals surface area contributed by atoms with E-state index in [2.05, 4.69) is 10.9 Å². The zero-order valence-corrected chi connectivity index (χ0v) is 12.3. The van der Waals surface area contributed by atoms with E-state index < -0.39 is 42.2 Å². The molecule has 1 aromatic carbocycles. The SMILES string of the molecule is C#Cc1ccc(F)c([C@]2(C)C[C@@H](C(F)(F)F)N=C(NC(=O)O)O2)c1. The second-order valence-corrected chi connectivity index (χ2v) is 5.30. The minimum Gasteiger partial charge on any atom is -0.465 e. The highest BCUT2D eigenvalue weighted by molar-refractivity contribution is 5.90. The molecule has 2 atom stereocenters. The van der Waals surface area contributed by atoms with E-state index in [9.17, 15) is 22.4 Å². The first-order chi connectivity index (χ1) is 11.0. The monoisotopic (exact) mass is 344 g/mol. The summed E-state index contributed by atoms with van der Waals surface area (Å²) in [7, 11) is 0. The first-order valence-electron chi connectivity index (χ1n) is 6.65. The van der Waals surface area contributed by atoms with Crippen molar-refractivity contribution in [2.24, 2.45) is 4.99 Å². The standard InChI is InChI=1S/C15H12F4N2O3/c1-3-8-4-5-10(16)9(6-8)14(2)7-11(15(17,18)19)20-12(24-14)21-13(22)23/h1,4-6,11H,7H2,2H3,(H,20,21)(H,22,23)/t11-,14-/m0/s1. The fourth-order valence-corrected chi connectivity index (χ4v) is 2.36. The number of rotatable bonds is 1. The Balaban J connectivity index is 2.51. The van der Waals surface area contributed by atoms with Crippen LogP contribution in [-0.4, -0.2) is 29.4 Å². The van der Waals surface area contributed by atoms with Crippen LogP contribution in [0.2, 0.25) is 0 Å².